The molecule has 3 rings (SSSR count). The number of benzene rings is 3. The Labute approximate surface area is 174 Å². The van der Waals surface area contributed by atoms with E-state index in [1.807, 2.05) is 0 Å². The van der Waals surface area contributed by atoms with Gasteiger partial charge in [-0.1, -0.05) is 42.5 Å². The van der Waals surface area contributed by atoms with Gasteiger partial charge in [0, 0.05) is 24.4 Å². The van der Waals surface area contributed by atoms with Gasteiger partial charge in [0.15, 0.2) is 0 Å². The highest BCUT2D eigenvalue weighted by Crippen LogP contribution is 2.24. The molecule has 0 aromatic heterocycles. The smallest absolute Gasteiger partial charge is 0.273 e. The zero-order valence-corrected chi connectivity index (χ0v) is 16.9. The molecule has 0 unspecified atom stereocenters. The fourth-order valence-electron chi connectivity index (χ4n) is 2.89. The SMILES string of the molecule is CN(c1ccccc1)S(=O)(=O)c1cccc(NC(=O)Cc2ccccc2[N+](=O)[O-])c1. The predicted octanol–water partition coefficient (Wildman–Crippen LogP) is 3.60. The number of nitro groups is 1. The summed E-state index contributed by atoms with van der Waals surface area (Å²) in [5.41, 5.74) is 0.908. The van der Waals surface area contributed by atoms with Crippen molar-refractivity contribution in [3.63, 3.8) is 0 Å². The zero-order chi connectivity index (χ0) is 21.7. The summed E-state index contributed by atoms with van der Waals surface area (Å²) in [6.45, 7) is 0. The van der Waals surface area contributed by atoms with E-state index in [0.29, 0.717) is 5.69 Å². The van der Waals surface area contributed by atoms with E-state index in [1.54, 1.807) is 42.5 Å². The van der Waals surface area contributed by atoms with Gasteiger partial charge in [0.1, 0.15) is 0 Å². The van der Waals surface area contributed by atoms with Gasteiger partial charge < -0.3 is 5.32 Å². The molecule has 0 saturated carbocycles. The van der Waals surface area contributed by atoms with E-state index in [9.17, 15) is 23.3 Å². The van der Waals surface area contributed by atoms with E-state index in [-0.39, 0.29) is 28.3 Å². The Balaban J connectivity index is 1.79. The molecule has 1 amide bonds. The van der Waals surface area contributed by atoms with E-state index < -0.39 is 20.9 Å². The third kappa shape index (κ3) is 4.64. The maximum Gasteiger partial charge on any atom is 0.273 e. The lowest BCUT2D eigenvalue weighted by atomic mass is 10.1. The molecule has 3 aromatic rings. The van der Waals surface area contributed by atoms with Crippen LogP contribution in [0.1, 0.15) is 5.56 Å². The lowest BCUT2D eigenvalue weighted by Gasteiger charge is -2.19. The van der Waals surface area contributed by atoms with Crippen LogP contribution >= 0.6 is 0 Å². The van der Waals surface area contributed by atoms with Crippen LogP contribution in [-0.4, -0.2) is 26.3 Å². The molecule has 0 fully saturated rings. The molecule has 1 N–H and O–H groups in total. The van der Waals surface area contributed by atoms with Crippen molar-refractivity contribution in [1.82, 2.24) is 0 Å². The first-order valence-electron chi connectivity index (χ1n) is 8.95. The van der Waals surface area contributed by atoms with Crippen molar-refractivity contribution >= 4 is 33.0 Å². The molecule has 0 saturated heterocycles. The monoisotopic (exact) mass is 425 g/mol. The van der Waals surface area contributed by atoms with Crippen LogP contribution in [0, 0.1) is 10.1 Å². The van der Waals surface area contributed by atoms with Crippen molar-refractivity contribution in [2.75, 3.05) is 16.7 Å². The molecule has 0 aliphatic heterocycles. The molecule has 30 heavy (non-hydrogen) atoms. The van der Waals surface area contributed by atoms with Gasteiger partial charge in [0.05, 0.1) is 21.9 Å². The number of carbonyl (C=O) groups excluding carboxylic acids is 1. The summed E-state index contributed by atoms with van der Waals surface area (Å²) in [6, 6.07) is 20.5. The highest BCUT2D eigenvalue weighted by atomic mass is 32.2. The van der Waals surface area contributed by atoms with E-state index in [0.717, 1.165) is 4.31 Å². The molecular formula is C21H19N3O5S. The third-order valence-corrected chi connectivity index (χ3v) is 6.22. The van der Waals surface area contributed by atoms with Gasteiger partial charge >= 0.3 is 0 Å². The van der Waals surface area contributed by atoms with Crippen molar-refractivity contribution in [3.05, 3.63) is 94.5 Å². The summed E-state index contributed by atoms with van der Waals surface area (Å²) in [5, 5.41) is 13.7. The minimum Gasteiger partial charge on any atom is -0.326 e. The average Bonchev–Trinajstić information content (AvgIpc) is 2.74. The first-order chi connectivity index (χ1) is 14.3. The molecule has 0 bridgehead atoms. The Morgan fingerprint density at radius 3 is 2.37 bits per heavy atom. The minimum atomic E-state index is -3.83. The normalized spacial score (nSPS) is 11.0. The second kappa shape index (κ2) is 8.75. The average molecular weight is 425 g/mol. The molecule has 0 aliphatic carbocycles. The number of nitrogens with one attached hydrogen (secondary N) is 1. The number of nitro benzene ring substituents is 1. The van der Waals surface area contributed by atoms with Gasteiger partial charge in [-0.25, -0.2) is 8.42 Å². The number of anilines is 2. The number of nitrogens with zero attached hydrogens (tertiary/aromatic N) is 2. The lowest BCUT2D eigenvalue weighted by Crippen LogP contribution is -2.26. The maximum atomic E-state index is 12.9. The van der Waals surface area contributed by atoms with Crippen LogP contribution in [0.4, 0.5) is 17.1 Å². The highest BCUT2D eigenvalue weighted by molar-refractivity contribution is 7.92. The Bertz CT molecular complexity index is 1180. The number of carbonyl (C=O) groups is 1. The van der Waals surface area contributed by atoms with Crippen LogP contribution in [0.15, 0.2) is 83.8 Å². The number of hydrogen-bond donors (Lipinski definition) is 1. The molecule has 0 atom stereocenters. The topological polar surface area (TPSA) is 110 Å². The van der Waals surface area contributed by atoms with Gasteiger partial charge in [-0.15, -0.1) is 0 Å². The maximum absolute atomic E-state index is 12.9. The second-order valence-electron chi connectivity index (χ2n) is 6.45. The lowest BCUT2D eigenvalue weighted by molar-refractivity contribution is -0.385. The molecule has 0 spiro atoms. The second-order valence-corrected chi connectivity index (χ2v) is 8.42. The van der Waals surface area contributed by atoms with E-state index in [1.165, 1.54) is 43.4 Å². The highest BCUT2D eigenvalue weighted by Gasteiger charge is 2.22. The van der Waals surface area contributed by atoms with Gasteiger partial charge in [-0.2, -0.15) is 0 Å². The van der Waals surface area contributed by atoms with Gasteiger partial charge in [-0.3, -0.25) is 19.2 Å². The molecule has 154 valence electrons. The molecule has 9 heteroatoms. The first-order valence-corrected chi connectivity index (χ1v) is 10.4. The summed E-state index contributed by atoms with van der Waals surface area (Å²) < 4.78 is 27.0. The molecule has 0 aliphatic rings. The molecule has 3 aromatic carbocycles. The van der Waals surface area contributed by atoms with Crippen LogP contribution in [-0.2, 0) is 21.2 Å². The van der Waals surface area contributed by atoms with Crippen LogP contribution in [0.25, 0.3) is 0 Å². The summed E-state index contributed by atoms with van der Waals surface area (Å²) >= 11 is 0. The molecular weight excluding hydrogens is 406 g/mol. The number of hydrogen-bond acceptors (Lipinski definition) is 5. The summed E-state index contributed by atoms with van der Waals surface area (Å²) in [4.78, 5) is 22.9. The van der Waals surface area contributed by atoms with Crippen LogP contribution in [0.2, 0.25) is 0 Å². The molecule has 8 nitrogen and oxygen atoms in total. The van der Waals surface area contributed by atoms with Crippen LogP contribution in [0.3, 0.4) is 0 Å². The Kier molecular flexibility index (Phi) is 6.12. The number of para-hydroxylation sites is 2. The Morgan fingerprint density at radius 1 is 1.00 bits per heavy atom. The number of sulfonamides is 1. The Hall–Kier alpha value is -3.72. The van der Waals surface area contributed by atoms with Gasteiger partial charge in [0.25, 0.3) is 15.7 Å². The van der Waals surface area contributed by atoms with E-state index in [4.69, 9.17) is 0 Å². The minimum absolute atomic E-state index is 0.0114. The summed E-state index contributed by atoms with van der Waals surface area (Å²) in [5.74, 6) is -0.490. The third-order valence-electron chi connectivity index (χ3n) is 4.44. The van der Waals surface area contributed by atoms with Crippen LogP contribution < -0.4 is 9.62 Å². The number of amides is 1. The van der Waals surface area contributed by atoms with Gasteiger partial charge in [0.2, 0.25) is 5.91 Å². The predicted molar refractivity (Wildman–Crippen MR) is 114 cm³/mol. The zero-order valence-electron chi connectivity index (χ0n) is 16.1. The van der Waals surface area contributed by atoms with Crippen molar-refractivity contribution in [3.8, 4) is 0 Å². The standard InChI is InChI=1S/C21H19N3O5S/c1-23(18-10-3-2-4-11-18)30(28,29)19-12-7-9-17(15-19)22-21(25)14-16-8-5-6-13-20(16)24(26)27/h2-13,15H,14H2,1H3,(H,22,25). The van der Waals surface area contributed by atoms with Crippen molar-refractivity contribution < 1.29 is 18.1 Å². The van der Waals surface area contributed by atoms with Crippen molar-refractivity contribution in [1.29, 1.82) is 0 Å². The fraction of sp³-hybridized carbons (Fsp3) is 0.0952. The summed E-state index contributed by atoms with van der Waals surface area (Å²) in [6.07, 6.45) is -0.210. The molecule has 0 radical (unpaired) electrons. The van der Waals surface area contributed by atoms with Gasteiger partial charge in [-0.05, 0) is 30.3 Å². The van der Waals surface area contributed by atoms with Crippen LogP contribution in [0.5, 0.6) is 0 Å². The first kappa shape index (κ1) is 21.0. The fourth-order valence-corrected chi connectivity index (χ4v) is 4.13. The summed E-state index contributed by atoms with van der Waals surface area (Å²) in [7, 11) is -2.39. The largest absolute Gasteiger partial charge is 0.326 e. The number of rotatable bonds is 7. The Morgan fingerprint density at radius 2 is 1.67 bits per heavy atom. The van der Waals surface area contributed by atoms with Crippen molar-refractivity contribution in [2.24, 2.45) is 0 Å². The van der Waals surface area contributed by atoms with E-state index in [2.05, 4.69) is 5.32 Å². The van der Waals surface area contributed by atoms with Crippen molar-refractivity contribution in [2.45, 2.75) is 11.3 Å². The van der Waals surface area contributed by atoms with E-state index >= 15 is 0 Å². The molecule has 0 heterocycles. The quantitative estimate of drug-likeness (QED) is 0.459.